The van der Waals surface area contributed by atoms with Gasteiger partial charge in [-0.25, -0.2) is 0 Å². The van der Waals surface area contributed by atoms with Gasteiger partial charge in [0.25, 0.3) is 0 Å². The molecule has 0 atom stereocenters. The molecule has 9 aromatic rings. The Labute approximate surface area is 429 Å². The van der Waals surface area contributed by atoms with Crippen LogP contribution in [0.25, 0.3) is 65.3 Å². The molecule has 0 spiro atoms. The normalized spacial score (nSPS) is 14.7. The monoisotopic (exact) mass is 1040 g/mol. The van der Waals surface area contributed by atoms with E-state index < -0.39 is 0 Å². The van der Waals surface area contributed by atoms with E-state index in [1.807, 2.05) is 0 Å². The molecule has 0 aliphatic carbocycles. The molecule has 1 aliphatic rings. The molecule has 1 saturated heterocycles. The molecule has 69 heavy (non-hydrogen) atoms. The van der Waals surface area contributed by atoms with Crippen molar-refractivity contribution in [2.75, 3.05) is 0 Å². The highest BCUT2D eigenvalue weighted by Gasteiger charge is 2.51. The molecule has 1 heterocycles. The van der Waals surface area contributed by atoms with Crippen molar-refractivity contribution in [1.82, 2.24) is 0 Å². The molecule has 0 amide bonds. The minimum Gasteiger partial charge on any atom is -0.399 e. The Morgan fingerprint density at radius 3 is 0.812 bits per heavy atom. The number of rotatable bonds is 3. The maximum absolute atomic E-state index is 6.05. The highest BCUT2D eigenvalue weighted by Crippen LogP contribution is 2.45. The third kappa shape index (κ3) is 10.4. The minimum absolute atomic E-state index is 0.145. The zero-order valence-corrected chi connectivity index (χ0v) is 46.0. The number of hydrogen-bond donors (Lipinski definition) is 0. The Bertz CT molecular complexity index is 2970. The zero-order chi connectivity index (χ0) is 49.7. The third-order valence-corrected chi connectivity index (χ3v) is 15.8. The fourth-order valence-corrected chi connectivity index (χ4v) is 10.5. The van der Waals surface area contributed by atoms with E-state index in [1.165, 1.54) is 91.0 Å². The molecule has 0 N–H and O–H groups in total. The lowest BCUT2D eigenvalue weighted by Crippen LogP contribution is -2.41. The van der Waals surface area contributed by atoms with E-state index in [1.54, 1.807) is 0 Å². The van der Waals surface area contributed by atoms with Gasteiger partial charge in [-0.3, -0.25) is 0 Å². The van der Waals surface area contributed by atoms with Crippen molar-refractivity contribution in [2.24, 2.45) is 0 Å². The standard InChI is InChI=1S/C34H34.C16H25BO2.C14H8Br2/c1-33(2,3)25-19-15-23(16-20-25)31-27-11-7-9-13-29(27)32(30-14-10-8-12-28(30)31)24-17-21-26(22-18-24)34(4,5)6;1-14(2,3)12-8-10-13(11-9-12)17-18-15(4,5)16(6,7)19-17;15-13-9-5-1-2-6-10(9)14(16)12-8-4-3-7-11(12)13/h7-22H,1-6H3;8-11H,1-7H3;1-8H. The van der Waals surface area contributed by atoms with Gasteiger partial charge in [0.2, 0.25) is 0 Å². The summed E-state index contributed by atoms with van der Waals surface area (Å²) in [6.45, 7) is 28.6. The molecule has 1 aliphatic heterocycles. The summed E-state index contributed by atoms with van der Waals surface area (Å²) in [5.74, 6) is 0. The highest BCUT2D eigenvalue weighted by molar-refractivity contribution is 9.11. The Balaban J connectivity index is 0.000000154. The van der Waals surface area contributed by atoms with Crippen molar-refractivity contribution in [1.29, 1.82) is 0 Å². The summed E-state index contributed by atoms with van der Waals surface area (Å²) in [5.41, 5.74) is 10.2. The molecule has 9 aromatic carbocycles. The molecule has 0 aromatic heterocycles. The molecule has 352 valence electrons. The number of fused-ring (bicyclic) bond motifs is 4. The third-order valence-electron chi connectivity index (χ3n) is 14.1. The quantitative estimate of drug-likeness (QED) is 0.130. The van der Waals surface area contributed by atoms with Gasteiger partial charge in [-0.15, -0.1) is 0 Å². The molecule has 5 heteroatoms. The van der Waals surface area contributed by atoms with E-state index in [-0.39, 0.29) is 34.6 Å². The molecule has 0 saturated carbocycles. The molecule has 0 unspecified atom stereocenters. The maximum Gasteiger partial charge on any atom is 0.494 e. The van der Waals surface area contributed by atoms with Crippen LogP contribution in [0.3, 0.4) is 0 Å². The average molecular weight is 1040 g/mol. The van der Waals surface area contributed by atoms with Gasteiger partial charge in [-0.2, -0.15) is 0 Å². The van der Waals surface area contributed by atoms with Gasteiger partial charge < -0.3 is 9.31 Å². The molecule has 1 fully saturated rings. The van der Waals surface area contributed by atoms with Crippen LogP contribution in [0.15, 0.2) is 179 Å². The lowest BCUT2D eigenvalue weighted by Gasteiger charge is -2.32. The molecular formula is C64H67BBr2O2. The van der Waals surface area contributed by atoms with E-state index in [9.17, 15) is 0 Å². The Morgan fingerprint density at radius 2 is 0.565 bits per heavy atom. The van der Waals surface area contributed by atoms with Crippen LogP contribution in [-0.4, -0.2) is 18.3 Å². The molecule has 0 radical (unpaired) electrons. The first kappa shape index (κ1) is 50.4. The molecule has 2 nitrogen and oxygen atoms in total. The van der Waals surface area contributed by atoms with Crippen LogP contribution in [0.5, 0.6) is 0 Å². The van der Waals surface area contributed by atoms with Gasteiger partial charge in [0, 0.05) is 8.95 Å². The summed E-state index contributed by atoms with van der Waals surface area (Å²) in [4.78, 5) is 0. The Morgan fingerprint density at radius 1 is 0.333 bits per heavy atom. The summed E-state index contributed by atoms with van der Waals surface area (Å²) in [6, 6.07) is 61.5. The summed E-state index contributed by atoms with van der Waals surface area (Å²) in [7, 11) is -0.265. The lowest BCUT2D eigenvalue weighted by molar-refractivity contribution is 0.00578. The SMILES string of the molecule is Brc1c2ccccc2c(Br)c2ccccc12.CC(C)(C)c1ccc(-c2c3ccccc3c(-c3ccc(C(C)(C)C)cc3)c3ccccc23)cc1.CC(C)(C)c1ccc(B2OC(C)(C)C(C)(C)O2)cc1. The molecular weight excluding hydrogens is 971 g/mol. The number of benzene rings is 9. The maximum atomic E-state index is 6.05. The molecule has 0 bridgehead atoms. The number of halogens is 2. The summed E-state index contributed by atoms with van der Waals surface area (Å²) >= 11 is 7.39. The first-order valence-electron chi connectivity index (χ1n) is 24.3. The van der Waals surface area contributed by atoms with E-state index >= 15 is 0 Å². The fourth-order valence-electron chi connectivity index (χ4n) is 9.17. The van der Waals surface area contributed by atoms with Gasteiger partial charge >= 0.3 is 7.12 Å². The fraction of sp³-hybridized carbons (Fsp3) is 0.281. The first-order valence-corrected chi connectivity index (χ1v) is 25.9. The second-order valence-corrected chi connectivity index (χ2v) is 24.3. The minimum atomic E-state index is -0.277. The smallest absolute Gasteiger partial charge is 0.399 e. The van der Waals surface area contributed by atoms with Crippen molar-refractivity contribution in [2.45, 2.75) is 117 Å². The van der Waals surface area contributed by atoms with Gasteiger partial charge in [-0.1, -0.05) is 232 Å². The largest absolute Gasteiger partial charge is 0.494 e. The summed E-state index contributed by atoms with van der Waals surface area (Å²) in [6.07, 6.45) is 0. The van der Waals surface area contributed by atoms with Crippen LogP contribution in [0.4, 0.5) is 0 Å². The van der Waals surface area contributed by atoms with Crippen LogP contribution in [-0.2, 0) is 25.6 Å². The van der Waals surface area contributed by atoms with Gasteiger partial charge in [0.05, 0.1) is 11.2 Å². The van der Waals surface area contributed by atoms with Crippen LogP contribution < -0.4 is 5.46 Å². The van der Waals surface area contributed by atoms with Crippen LogP contribution >= 0.6 is 31.9 Å². The van der Waals surface area contributed by atoms with Crippen LogP contribution in [0.1, 0.15) is 107 Å². The van der Waals surface area contributed by atoms with Crippen LogP contribution in [0.2, 0.25) is 0 Å². The topological polar surface area (TPSA) is 18.5 Å². The Kier molecular flexibility index (Phi) is 14.1. The van der Waals surface area contributed by atoms with Gasteiger partial charge in [0.15, 0.2) is 0 Å². The predicted molar refractivity (Wildman–Crippen MR) is 307 cm³/mol. The van der Waals surface area contributed by atoms with Gasteiger partial charge in [0.1, 0.15) is 0 Å². The van der Waals surface area contributed by atoms with Crippen molar-refractivity contribution in [3.05, 3.63) is 195 Å². The van der Waals surface area contributed by atoms with Crippen LogP contribution in [0, 0.1) is 0 Å². The van der Waals surface area contributed by atoms with E-state index in [2.05, 4.69) is 292 Å². The lowest BCUT2D eigenvalue weighted by atomic mass is 9.77. The highest BCUT2D eigenvalue weighted by atomic mass is 79.9. The van der Waals surface area contributed by atoms with E-state index in [0.717, 1.165) is 5.46 Å². The summed E-state index contributed by atoms with van der Waals surface area (Å²) in [5, 5.41) is 10.2. The van der Waals surface area contributed by atoms with Crippen molar-refractivity contribution in [3.63, 3.8) is 0 Å². The summed E-state index contributed by atoms with van der Waals surface area (Å²) < 4.78 is 14.4. The van der Waals surface area contributed by atoms with Crippen molar-refractivity contribution in [3.8, 4) is 22.3 Å². The average Bonchev–Trinajstić information content (AvgIpc) is 3.55. The zero-order valence-electron chi connectivity index (χ0n) is 42.8. The Hall–Kier alpha value is -5.04. The second-order valence-electron chi connectivity index (χ2n) is 22.7. The van der Waals surface area contributed by atoms with Crippen molar-refractivity contribution >= 4 is 87.5 Å². The predicted octanol–water partition coefficient (Wildman–Crippen LogP) is 18.7. The van der Waals surface area contributed by atoms with Crippen molar-refractivity contribution < 1.29 is 9.31 Å². The first-order chi connectivity index (χ1) is 32.5. The number of hydrogen-bond acceptors (Lipinski definition) is 2. The molecule has 10 rings (SSSR count). The van der Waals surface area contributed by atoms with Gasteiger partial charge in [-0.05, 0) is 163 Å². The second kappa shape index (κ2) is 19.3. The van der Waals surface area contributed by atoms with E-state index in [4.69, 9.17) is 9.31 Å². The van der Waals surface area contributed by atoms with E-state index in [0.29, 0.717) is 0 Å².